The predicted octanol–water partition coefficient (Wildman–Crippen LogP) is 3.46. The molecule has 1 N–H and O–H groups in total. The van der Waals surface area contributed by atoms with Crippen LogP contribution in [0.3, 0.4) is 0 Å². The second kappa shape index (κ2) is 6.23. The van der Waals surface area contributed by atoms with Crippen molar-refractivity contribution in [2.75, 3.05) is 23.8 Å². The van der Waals surface area contributed by atoms with Crippen molar-refractivity contribution in [1.29, 1.82) is 0 Å². The minimum Gasteiger partial charge on any atom is -0.388 e. The van der Waals surface area contributed by atoms with Gasteiger partial charge in [0, 0.05) is 31.2 Å². The zero-order chi connectivity index (χ0) is 13.7. The van der Waals surface area contributed by atoms with E-state index in [1.807, 2.05) is 19.3 Å². The van der Waals surface area contributed by atoms with Crippen LogP contribution in [-0.4, -0.2) is 18.6 Å². The summed E-state index contributed by atoms with van der Waals surface area (Å²) in [5, 5.41) is 3.15. The Bertz CT molecular complexity index is 520. The van der Waals surface area contributed by atoms with Gasteiger partial charge in [0.1, 0.15) is 0 Å². The summed E-state index contributed by atoms with van der Waals surface area (Å²) in [5.41, 5.74) is 4.71. The zero-order valence-electron chi connectivity index (χ0n) is 11.9. The van der Waals surface area contributed by atoms with Gasteiger partial charge in [-0.2, -0.15) is 0 Å². The van der Waals surface area contributed by atoms with Crippen LogP contribution in [0.2, 0.25) is 0 Å². The second-order valence-corrected chi connectivity index (χ2v) is 4.64. The molecule has 0 aliphatic rings. The van der Waals surface area contributed by atoms with Crippen molar-refractivity contribution >= 4 is 11.4 Å². The van der Waals surface area contributed by atoms with Gasteiger partial charge in [0.15, 0.2) is 0 Å². The van der Waals surface area contributed by atoms with E-state index in [2.05, 4.69) is 59.4 Å². The van der Waals surface area contributed by atoms with E-state index in [4.69, 9.17) is 0 Å². The molecular formula is C16H21N3. The third-order valence-electron chi connectivity index (χ3n) is 3.24. The molecule has 3 heteroatoms. The predicted molar refractivity (Wildman–Crippen MR) is 81.7 cm³/mol. The Morgan fingerprint density at radius 3 is 2.53 bits per heavy atom. The third kappa shape index (κ3) is 3.47. The van der Waals surface area contributed by atoms with Crippen molar-refractivity contribution in [3.05, 3.63) is 53.9 Å². The molecule has 0 radical (unpaired) electrons. The molecular weight excluding hydrogens is 234 g/mol. The Hall–Kier alpha value is -2.03. The fourth-order valence-electron chi connectivity index (χ4n) is 2.06. The van der Waals surface area contributed by atoms with Gasteiger partial charge in [0.2, 0.25) is 0 Å². The molecule has 2 aromatic rings. The van der Waals surface area contributed by atoms with Gasteiger partial charge in [-0.1, -0.05) is 17.7 Å². The van der Waals surface area contributed by atoms with Crippen molar-refractivity contribution in [2.24, 2.45) is 0 Å². The molecule has 19 heavy (non-hydrogen) atoms. The zero-order valence-corrected chi connectivity index (χ0v) is 11.9. The van der Waals surface area contributed by atoms with Gasteiger partial charge < -0.3 is 10.2 Å². The number of nitrogens with zero attached hydrogens (tertiary/aromatic N) is 2. The van der Waals surface area contributed by atoms with Crippen LogP contribution in [0.25, 0.3) is 0 Å². The minimum absolute atomic E-state index is 0.828. The van der Waals surface area contributed by atoms with Gasteiger partial charge in [0.25, 0.3) is 0 Å². The first-order chi connectivity index (χ1) is 9.22. The van der Waals surface area contributed by atoms with Gasteiger partial charge in [-0.15, -0.1) is 0 Å². The smallest absolute Gasteiger partial charge is 0.0617 e. The molecule has 100 valence electrons. The summed E-state index contributed by atoms with van der Waals surface area (Å²) < 4.78 is 0. The van der Waals surface area contributed by atoms with Crippen molar-refractivity contribution in [2.45, 2.75) is 20.4 Å². The molecule has 0 fully saturated rings. The maximum Gasteiger partial charge on any atom is 0.0617 e. The van der Waals surface area contributed by atoms with E-state index in [0.717, 1.165) is 24.5 Å². The number of nitrogens with one attached hydrogen (secondary N) is 1. The Morgan fingerprint density at radius 1 is 1.16 bits per heavy atom. The largest absolute Gasteiger partial charge is 0.388 e. The molecule has 3 nitrogen and oxygen atoms in total. The number of aryl methyl sites for hydroxylation is 1. The van der Waals surface area contributed by atoms with Crippen LogP contribution in [-0.2, 0) is 6.54 Å². The molecule has 0 spiro atoms. The van der Waals surface area contributed by atoms with Gasteiger partial charge in [-0.25, -0.2) is 0 Å². The molecule has 0 aliphatic heterocycles. The van der Waals surface area contributed by atoms with Gasteiger partial charge in [-0.05, 0) is 38.1 Å². The van der Waals surface area contributed by atoms with E-state index in [-0.39, 0.29) is 0 Å². The lowest BCUT2D eigenvalue weighted by molar-refractivity contribution is 0.810. The number of aromatic nitrogens is 1. The first-order valence-corrected chi connectivity index (χ1v) is 6.67. The molecule has 0 saturated carbocycles. The lowest BCUT2D eigenvalue weighted by Gasteiger charge is -2.23. The Morgan fingerprint density at radius 2 is 1.89 bits per heavy atom. The van der Waals surface area contributed by atoms with Crippen molar-refractivity contribution in [1.82, 2.24) is 4.98 Å². The number of hydrogen-bond acceptors (Lipinski definition) is 3. The van der Waals surface area contributed by atoms with E-state index >= 15 is 0 Å². The van der Waals surface area contributed by atoms with Crippen molar-refractivity contribution in [3.63, 3.8) is 0 Å². The lowest BCUT2D eigenvalue weighted by atomic mass is 10.2. The first-order valence-electron chi connectivity index (χ1n) is 6.67. The SMILES string of the molecule is CCN(Cc1cc(NC)ccn1)c1ccc(C)cc1. The summed E-state index contributed by atoms with van der Waals surface area (Å²) in [6.07, 6.45) is 1.85. The van der Waals surface area contributed by atoms with Crippen LogP contribution in [0.5, 0.6) is 0 Å². The number of benzene rings is 1. The molecule has 0 amide bonds. The van der Waals surface area contributed by atoms with Gasteiger partial charge in [0.05, 0.1) is 12.2 Å². The number of hydrogen-bond donors (Lipinski definition) is 1. The van der Waals surface area contributed by atoms with Crippen LogP contribution in [0.15, 0.2) is 42.6 Å². The molecule has 1 aromatic heterocycles. The van der Waals surface area contributed by atoms with Gasteiger partial charge >= 0.3 is 0 Å². The minimum atomic E-state index is 0.828. The standard InChI is InChI=1S/C16H21N3/c1-4-19(16-7-5-13(2)6-8-16)12-15-11-14(17-3)9-10-18-15/h5-11H,4,12H2,1-3H3,(H,17,18). The maximum atomic E-state index is 4.44. The summed E-state index contributed by atoms with van der Waals surface area (Å²) in [7, 11) is 1.93. The van der Waals surface area contributed by atoms with E-state index in [9.17, 15) is 0 Å². The monoisotopic (exact) mass is 255 g/mol. The van der Waals surface area contributed by atoms with E-state index < -0.39 is 0 Å². The van der Waals surface area contributed by atoms with E-state index in [1.54, 1.807) is 0 Å². The normalized spacial score (nSPS) is 10.3. The Labute approximate surface area is 115 Å². The number of pyridine rings is 1. The Kier molecular flexibility index (Phi) is 4.39. The summed E-state index contributed by atoms with van der Waals surface area (Å²) in [6.45, 7) is 6.07. The molecule has 2 rings (SSSR count). The second-order valence-electron chi connectivity index (χ2n) is 4.64. The molecule has 0 unspecified atom stereocenters. The van der Waals surface area contributed by atoms with Gasteiger partial charge in [-0.3, -0.25) is 4.98 Å². The quantitative estimate of drug-likeness (QED) is 0.887. The molecule has 0 bridgehead atoms. The van der Waals surface area contributed by atoms with Crippen LogP contribution >= 0.6 is 0 Å². The van der Waals surface area contributed by atoms with Crippen LogP contribution in [0, 0.1) is 6.92 Å². The molecule has 0 saturated heterocycles. The average Bonchev–Trinajstić information content (AvgIpc) is 2.46. The number of anilines is 2. The average molecular weight is 255 g/mol. The van der Waals surface area contributed by atoms with E-state index in [1.165, 1.54) is 11.3 Å². The summed E-state index contributed by atoms with van der Waals surface area (Å²) in [6, 6.07) is 12.7. The van der Waals surface area contributed by atoms with Crippen LogP contribution in [0.1, 0.15) is 18.2 Å². The molecule has 1 aromatic carbocycles. The third-order valence-corrected chi connectivity index (χ3v) is 3.24. The topological polar surface area (TPSA) is 28.2 Å². The van der Waals surface area contributed by atoms with Crippen molar-refractivity contribution < 1.29 is 0 Å². The fraction of sp³-hybridized carbons (Fsp3) is 0.312. The summed E-state index contributed by atoms with van der Waals surface area (Å²) >= 11 is 0. The first kappa shape index (κ1) is 13.4. The highest BCUT2D eigenvalue weighted by molar-refractivity contribution is 5.49. The summed E-state index contributed by atoms with van der Waals surface area (Å²) in [4.78, 5) is 6.76. The fourth-order valence-corrected chi connectivity index (χ4v) is 2.06. The van der Waals surface area contributed by atoms with E-state index in [0.29, 0.717) is 0 Å². The maximum absolute atomic E-state index is 4.44. The molecule has 1 heterocycles. The van der Waals surface area contributed by atoms with Crippen molar-refractivity contribution in [3.8, 4) is 0 Å². The van der Waals surface area contributed by atoms with Crippen LogP contribution < -0.4 is 10.2 Å². The lowest BCUT2D eigenvalue weighted by Crippen LogP contribution is -2.22. The highest BCUT2D eigenvalue weighted by Crippen LogP contribution is 2.18. The number of rotatable bonds is 5. The molecule has 0 aliphatic carbocycles. The van der Waals surface area contributed by atoms with Crippen LogP contribution in [0.4, 0.5) is 11.4 Å². The summed E-state index contributed by atoms with van der Waals surface area (Å²) in [5.74, 6) is 0. The molecule has 0 atom stereocenters. The Balaban J connectivity index is 2.16. The highest BCUT2D eigenvalue weighted by atomic mass is 15.1. The highest BCUT2D eigenvalue weighted by Gasteiger charge is 2.06.